The summed E-state index contributed by atoms with van der Waals surface area (Å²) < 4.78 is 6.09. The fraction of sp³-hybridized carbons (Fsp3) is 0.583. The minimum absolute atomic E-state index is 0.0587. The molecule has 1 spiro atoms. The molecule has 3 rings (SSSR count). The Morgan fingerprint density at radius 1 is 1.40 bits per heavy atom. The summed E-state index contributed by atoms with van der Waals surface area (Å²) in [5, 5.41) is 0. The maximum atomic E-state index is 6.09. The first kappa shape index (κ1) is 9.16. The Hall–Kier alpha value is -1.09. The van der Waals surface area contributed by atoms with Gasteiger partial charge in [0.25, 0.3) is 0 Å². The lowest BCUT2D eigenvalue weighted by atomic mass is 9.88. The van der Waals surface area contributed by atoms with Crippen LogP contribution in [-0.2, 0) is 6.42 Å². The molecule has 1 saturated heterocycles. The van der Waals surface area contributed by atoms with Gasteiger partial charge in [0, 0.05) is 38.5 Å². The summed E-state index contributed by atoms with van der Waals surface area (Å²) in [4.78, 5) is 6.76. The smallest absolute Gasteiger partial charge is 0.141 e. The molecular weight excluding hydrogens is 188 g/mol. The third-order valence-electron chi connectivity index (χ3n) is 3.56. The topological polar surface area (TPSA) is 25.4 Å². The largest absolute Gasteiger partial charge is 0.485 e. The van der Waals surface area contributed by atoms with Gasteiger partial charge in [0.1, 0.15) is 11.4 Å². The van der Waals surface area contributed by atoms with E-state index < -0.39 is 0 Å². The molecule has 2 aliphatic heterocycles. The van der Waals surface area contributed by atoms with E-state index >= 15 is 0 Å². The van der Waals surface area contributed by atoms with Gasteiger partial charge in [0.15, 0.2) is 0 Å². The molecule has 2 aliphatic rings. The molecule has 0 saturated carbocycles. The van der Waals surface area contributed by atoms with Gasteiger partial charge < -0.3 is 9.64 Å². The van der Waals surface area contributed by atoms with E-state index in [2.05, 4.69) is 16.9 Å². The van der Waals surface area contributed by atoms with Crippen LogP contribution in [0.5, 0.6) is 5.75 Å². The van der Waals surface area contributed by atoms with Crippen LogP contribution in [0, 0.1) is 0 Å². The van der Waals surface area contributed by atoms with E-state index in [4.69, 9.17) is 4.74 Å². The molecule has 15 heavy (non-hydrogen) atoms. The minimum atomic E-state index is 0.0587. The quantitative estimate of drug-likeness (QED) is 0.640. The third kappa shape index (κ3) is 1.51. The second-order valence-corrected chi connectivity index (χ2v) is 4.71. The van der Waals surface area contributed by atoms with E-state index in [1.807, 2.05) is 18.3 Å². The van der Waals surface area contributed by atoms with E-state index in [9.17, 15) is 0 Å². The van der Waals surface area contributed by atoms with Crippen LogP contribution in [0.3, 0.4) is 0 Å². The highest BCUT2D eigenvalue weighted by Crippen LogP contribution is 2.39. The van der Waals surface area contributed by atoms with Gasteiger partial charge >= 0.3 is 0 Å². The van der Waals surface area contributed by atoms with E-state index in [1.165, 1.54) is 0 Å². The Kier molecular flexibility index (Phi) is 1.96. The summed E-state index contributed by atoms with van der Waals surface area (Å²) in [5.74, 6) is 1.00. The van der Waals surface area contributed by atoms with Crippen molar-refractivity contribution < 1.29 is 4.74 Å². The first-order valence-corrected chi connectivity index (χ1v) is 5.59. The summed E-state index contributed by atoms with van der Waals surface area (Å²) in [6.07, 6.45) is 5.10. The van der Waals surface area contributed by atoms with Crippen molar-refractivity contribution in [3.8, 4) is 5.75 Å². The number of hydrogen-bond donors (Lipinski definition) is 0. The van der Waals surface area contributed by atoms with Crippen LogP contribution in [0.4, 0.5) is 0 Å². The Morgan fingerprint density at radius 2 is 2.20 bits per heavy atom. The van der Waals surface area contributed by atoms with Crippen LogP contribution in [0.15, 0.2) is 18.3 Å². The minimum Gasteiger partial charge on any atom is -0.485 e. The third-order valence-corrected chi connectivity index (χ3v) is 3.56. The number of aromatic nitrogens is 1. The molecule has 0 radical (unpaired) electrons. The van der Waals surface area contributed by atoms with Crippen molar-refractivity contribution in [1.29, 1.82) is 0 Å². The van der Waals surface area contributed by atoms with Gasteiger partial charge in [-0.15, -0.1) is 0 Å². The fourth-order valence-electron chi connectivity index (χ4n) is 2.53. The highest BCUT2D eigenvalue weighted by molar-refractivity contribution is 5.33. The first-order valence-electron chi connectivity index (χ1n) is 5.59. The average molecular weight is 204 g/mol. The SMILES string of the molecule is CN1CCC2(CC1)Cc1ncccc1O2. The Labute approximate surface area is 90.1 Å². The first-order chi connectivity index (χ1) is 7.27. The zero-order chi connectivity index (χ0) is 10.3. The molecule has 0 N–H and O–H groups in total. The number of pyridine rings is 1. The highest BCUT2D eigenvalue weighted by atomic mass is 16.5. The summed E-state index contributed by atoms with van der Waals surface area (Å²) in [5.41, 5.74) is 1.20. The normalized spacial score (nSPS) is 23.8. The average Bonchev–Trinajstić information content (AvgIpc) is 2.61. The Bertz CT molecular complexity index is 343. The number of piperidine rings is 1. The van der Waals surface area contributed by atoms with Crippen molar-refractivity contribution in [2.45, 2.75) is 24.9 Å². The number of likely N-dealkylation sites (tertiary alicyclic amines) is 1. The Morgan fingerprint density at radius 3 is 2.93 bits per heavy atom. The Balaban J connectivity index is 1.83. The summed E-state index contributed by atoms with van der Waals surface area (Å²) in [6.45, 7) is 2.27. The van der Waals surface area contributed by atoms with E-state index in [-0.39, 0.29) is 5.60 Å². The monoisotopic (exact) mass is 204 g/mol. The number of fused-ring (bicyclic) bond motifs is 1. The van der Waals surface area contributed by atoms with Crippen LogP contribution >= 0.6 is 0 Å². The fourth-order valence-corrected chi connectivity index (χ4v) is 2.53. The molecule has 0 atom stereocenters. The molecule has 0 aliphatic carbocycles. The predicted octanol–water partition coefficient (Wildman–Crippen LogP) is 1.48. The molecule has 0 amide bonds. The summed E-state index contributed by atoms with van der Waals surface area (Å²) >= 11 is 0. The molecule has 3 heterocycles. The maximum Gasteiger partial charge on any atom is 0.141 e. The lowest BCUT2D eigenvalue weighted by molar-refractivity contribution is 0.0270. The van der Waals surface area contributed by atoms with Gasteiger partial charge in [-0.3, -0.25) is 4.98 Å². The van der Waals surface area contributed by atoms with Crippen molar-refractivity contribution in [1.82, 2.24) is 9.88 Å². The molecule has 1 aromatic heterocycles. The van der Waals surface area contributed by atoms with Crippen molar-refractivity contribution in [2.75, 3.05) is 20.1 Å². The summed E-state index contributed by atoms with van der Waals surface area (Å²) in [7, 11) is 2.17. The molecular formula is C12H16N2O. The number of hydrogen-bond acceptors (Lipinski definition) is 3. The molecule has 80 valence electrons. The van der Waals surface area contributed by atoms with Gasteiger partial charge in [-0.1, -0.05) is 0 Å². The van der Waals surface area contributed by atoms with Crippen LogP contribution in [0.25, 0.3) is 0 Å². The van der Waals surface area contributed by atoms with Crippen LogP contribution in [0.2, 0.25) is 0 Å². The lowest BCUT2D eigenvalue weighted by Gasteiger charge is -2.36. The van der Waals surface area contributed by atoms with Crippen LogP contribution in [0.1, 0.15) is 18.5 Å². The van der Waals surface area contributed by atoms with Crippen LogP contribution < -0.4 is 4.74 Å². The zero-order valence-corrected chi connectivity index (χ0v) is 9.07. The molecule has 0 bridgehead atoms. The van der Waals surface area contributed by atoms with Crippen molar-refractivity contribution in [2.24, 2.45) is 0 Å². The van der Waals surface area contributed by atoms with Gasteiger partial charge in [-0.2, -0.15) is 0 Å². The van der Waals surface area contributed by atoms with Gasteiger partial charge in [-0.05, 0) is 19.2 Å². The van der Waals surface area contributed by atoms with Crippen molar-refractivity contribution in [3.05, 3.63) is 24.0 Å². The number of ether oxygens (including phenoxy) is 1. The van der Waals surface area contributed by atoms with E-state index in [1.54, 1.807) is 0 Å². The number of nitrogens with zero attached hydrogens (tertiary/aromatic N) is 2. The molecule has 3 heteroatoms. The molecule has 1 fully saturated rings. The van der Waals surface area contributed by atoms with Gasteiger partial charge in [0.2, 0.25) is 0 Å². The number of rotatable bonds is 0. The second-order valence-electron chi connectivity index (χ2n) is 4.71. The summed E-state index contributed by atoms with van der Waals surface area (Å²) in [6, 6.07) is 3.99. The molecule has 0 unspecified atom stereocenters. The van der Waals surface area contributed by atoms with Gasteiger partial charge in [0.05, 0.1) is 5.69 Å². The van der Waals surface area contributed by atoms with E-state index in [0.29, 0.717) is 0 Å². The van der Waals surface area contributed by atoms with E-state index in [0.717, 1.165) is 43.8 Å². The standard InChI is InChI=1S/C12H16N2O/c1-14-7-4-12(5-8-14)9-10-11(15-12)3-2-6-13-10/h2-3,6H,4-5,7-9H2,1H3. The maximum absolute atomic E-state index is 6.09. The highest BCUT2D eigenvalue weighted by Gasteiger charge is 2.41. The molecule has 0 aromatic carbocycles. The lowest BCUT2D eigenvalue weighted by Crippen LogP contribution is -2.45. The zero-order valence-electron chi connectivity index (χ0n) is 9.07. The second kappa shape index (κ2) is 3.20. The van der Waals surface area contributed by atoms with Gasteiger partial charge in [-0.25, -0.2) is 0 Å². The van der Waals surface area contributed by atoms with Crippen molar-refractivity contribution >= 4 is 0 Å². The van der Waals surface area contributed by atoms with Crippen molar-refractivity contribution in [3.63, 3.8) is 0 Å². The molecule has 3 nitrogen and oxygen atoms in total. The molecule has 1 aromatic rings. The van der Waals surface area contributed by atoms with Crippen LogP contribution in [-0.4, -0.2) is 35.6 Å². The predicted molar refractivity (Wildman–Crippen MR) is 58.0 cm³/mol.